The van der Waals surface area contributed by atoms with Gasteiger partial charge in [0.2, 0.25) is 0 Å². The second-order valence-electron chi connectivity index (χ2n) is 7.85. The summed E-state index contributed by atoms with van der Waals surface area (Å²) < 4.78 is 1.84. The highest BCUT2D eigenvalue weighted by atomic mass is 16.2. The second kappa shape index (κ2) is 7.97. The molecule has 4 rings (SSSR count). The first-order valence-corrected chi connectivity index (χ1v) is 10.2. The van der Waals surface area contributed by atoms with E-state index < -0.39 is 6.03 Å². The van der Waals surface area contributed by atoms with Gasteiger partial charge < -0.3 is 21.3 Å². The van der Waals surface area contributed by atoms with Crippen LogP contribution in [0.25, 0.3) is 10.9 Å². The number of anilines is 3. The molecule has 0 unspecified atom stereocenters. The van der Waals surface area contributed by atoms with E-state index in [1.54, 1.807) is 0 Å². The number of likely N-dealkylation sites (N-methyl/N-ethyl adjacent to an activating group) is 1. The number of piperazine rings is 1. The zero-order valence-electron chi connectivity index (χ0n) is 17.8. The Balaban J connectivity index is 1.80. The molecule has 8 heteroatoms. The summed E-state index contributed by atoms with van der Waals surface area (Å²) in [6.07, 6.45) is 0. The summed E-state index contributed by atoms with van der Waals surface area (Å²) in [4.78, 5) is 18.7. The maximum absolute atomic E-state index is 12.6. The fourth-order valence-electron chi connectivity index (χ4n) is 4.17. The van der Waals surface area contributed by atoms with E-state index >= 15 is 0 Å². The Morgan fingerprint density at radius 2 is 1.87 bits per heavy atom. The number of rotatable bonds is 4. The van der Waals surface area contributed by atoms with Gasteiger partial charge in [-0.3, -0.25) is 9.58 Å². The van der Waals surface area contributed by atoms with Crippen molar-refractivity contribution in [1.82, 2.24) is 14.7 Å². The summed E-state index contributed by atoms with van der Waals surface area (Å²) in [6.45, 7) is 6.15. The number of nitrogens with two attached hydrogens (primary N) is 2. The van der Waals surface area contributed by atoms with Gasteiger partial charge in [-0.05, 0) is 44.3 Å². The van der Waals surface area contributed by atoms with E-state index in [1.165, 1.54) is 4.90 Å². The highest BCUT2D eigenvalue weighted by molar-refractivity contribution is 6.01. The summed E-state index contributed by atoms with van der Waals surface area (Å²) in [5.41, 5.74) is 17.3. The Bertz CT molecular complexity index is 1080. The lowest BCUT2D eigenvalue weighted by molar-refractivity contribution is 0.256. The number of hydrogen-bond donors (Lipinski definition) is 2. The molecule has 8 nitrogen and oxygen atoms in total. The van der Waals surface area contributed by atoms with Crippen LogP contribution in [0.1, 0.15) is 11.3 Å². The van der Waals surface area contributed by atoms with Gasteiger partial charge in [-0.1, -0.05) is 6.07 Å². The van der Waals surface area contributed by atoms with E-state index in [9.17, 15) is 4.79 Å². The van der Waals surface area contributed by atoms with E-state index in [0.717, 1.165) is 54.0 Å². The first-order valence-electron chi connectivity index (χ1n) is 10.2. The van der Waals surface area contributed by atoms with Crippen molar-refractivity contribution in [3.05, 3.63) is 47.7 Å². The Kier molecular flexibility index (Phi) is 5.36. The maximum Gasteiger partial charge on any atom is 0.323 e. The van der Waals surface area contributed by atoms with Crippen molar-refractivity contribution < 1.29 is 4.79 Å². The molecular formula is C22H29N7O. The van der Waals surface area contributed by atoms with Crippen molar-refractivity contribution >= 4 is 34.0 Å². The summed E-state index contributed by atoms with van der Waals surface area (Å²) in [6, 6.07) is 11.2. The van der Waals surface area contributed by atoms with Crippen molar-refractivity contribution in [2.75, 3.05) is 43.0 Å². The van der Waals surface area contributed by atoms with Crippen LogP contribution in [0.15, 0.2) is 36.4 Å². The molecule has 0 atom stereocenters. The number of amides is 2. The molecule has 1 saturated heterocycles. The third kappa shape index (κ3) is 3.48. The van der Waals surface area contributed by atoms with Gasteiger partial charge in [0.1, 0.15) is 0 Å². The van der Waals surface area contributed by atoms with Crippen LogP contribution in [0.3, 0.4) is 0 Å². The van der Waals surface area contributed by atoms with Crippen LogP contribution < -0.4 is 21.3 Å². The SMILES string of the molecule is Cc1c2ccc(N(C(N)=O)c3cccc(N4CCN(C)CC4)c3CN)cc2nn1C. The van der Waals surface area contributed by atoms with Crippen LogP contribution in [0.2, 0.25) is 0 Å². The first kappa shape index (κ1) is 20.2. The van der Waals surface area contributed by atoms with Crippen molar-refractivity contribution in [2.24, 2.45) is 18.5 Å². The van der Waals surface area contributed by atoms with Crippen LogP contribution in [0, 0.1) is 6.92 Å². The van der Waals surface area contributed by atoms with Gasteiger partial charge in [0, 0.05) is 62.1 Å². The number of carbonyl (C=O) groups is 1. The fourth-order valence-corrected chi connectivity index (χ4v) is 4.17. The van der Waals surface area contributed by atoms with Gasteiger partial charge in [-0.2, -0.15) is 5.10 Å². The first-order chi connectivity index (χ1) is 14.4. The van der Waals surface area contributed by atoms with Crippen LogP contribution >= 0.6 is 0 Å². The average molecular weight is 408 g/mol. The predicted molar refractivity (Wildman–Crippen MR) is 121 cm³/mol. The topological polar surface area (TPSA) is 96.7 Å². The standard InChI is InChI=1S/C22H29N7O/c1-15-17-8-7-16(13-19(17)25-27(15)3)29(22(24)30)21-6-4-5-20(18(21)14-23)28-11-9-26(2)10-12-28/h4-8,13H,9-12,14,23H2,1-3H3,(H2,24,30). The molecule has 0 aliphatic carbocycles. The number of carbonyl (C=O) groups excluding carboxylic acids is 1. The zero-order valence-corrected chi connectivity index (χ0v) is 17.8. The molecule has 1 aliphatic heterocycles. The van der Waals surface area contributed by atoms with Crippen molar-refractivity contribution in [1.29, 1.82) is 0 Å². The molecule has 30 heavy (non-hydrogen) atoms. The van der Waals surface area contributed by atoms with E-state index in [-0.39, 0.29) is 0 Å². The Labute approximate surface area is 176 Å². The lowest BCUT2D eigenvalue weighted by atomic mass is 10.1. The number of aryl methyl sites for hydroxylation is 2. The molecule has 1 aromatic heterocycles. The van der Waals surface area contributed by atoms with Crippen LogP contribution in [0.4, 0.5) is 21.9 Å². The molecule has 2 aromatic carbocycles. The highest BCUT2D eigenvalue weighted by Gasteiger charge is 2.24. The molecular weight excluding hydrogens is 378 g/mol. The average Bonchev–Trinajstić information content (AvgIpc) is 3.01. The number of benzene rings is 2. The summed E-state index contributed by atoms with van der Waals surface area (Å²) in [7, 11) is 4.04. The minimum absolute atomic E-state index is 0.312. The summed E-state index contributed by atoms with van der Waals surface area (Å²) in [5.74, 6) is 0. The smallest absolute Gasteiger partial charge is 0.323 e. The third-order valence-corrected chi connectivity index (χ3v) is 6.01. The Morgan fingerprint density at radius 1 is 1.13 bits per heavy atom. The number of primary amides is 1. The largest absolute Gasteiger partial charge is 0.369 e. The minimum Gasteiger partial charge on any atom is -0.369 e. The molecule has 2 amide bonds. The van der Waals surface area contributed by atoms with E-state index in [2.05, 4.69) is 28.0 Å². The van der Waals surface area contributed by atoms with E-state index in [4.69, 9.17) is 11.5 Å². The minimum atomic E-state index is -0.549. The summed E-state index contributed by atoms with van der Waals surface area (Å²) >= 11 is 0. The van der Waals surface area contributed by atoms with Gasteiger partial charge >= 0.3 is 6.03 Å². The zero-order chi connectivity index (χ0) is 21.4. The molecule has 0 radical (unpaired) electrons. The molecule has 3 aromatic rings. The third-order valence-electron chi connectivity index (χ3n) is 6.01. The maximum atomic E-state index is 12.6. The number of nitrogens with zero attached hydrogens (tertiary/aromatic N) is 5. The molecule has 158 valence electrons. The number of hydrogen-bond acceptors (Lipinski definition) is 5. The van der Waals surface area contributed by atoms with Crippen LogP contribution in [-0.4, -0.2) is 53.9 Å². The monoisotopic (exact) mass is 407 g/mol. The van der Waals surface area contributed by atoms with E-state index in [0.29, 0.717) is 17.9 Å². The van der Waals surface area contributed by atoms with Gasteiger partial charge in [-0.25, -0.2) is 4.79 Å². The molecule has 2 heterocycles. The predicted octanol–water partition coefficient (Wildman–Crippen LogP) is 2.31. The van der Waals surface area contributed by atoms with Crippen molar-refractivity contribution in [2.45, 2.75) is 13.5 Å². The van der Waals surface area contributed by atoms with E-state index in [1.807, 2.05) is 49.0 Å². The normalized spacial score (nSPS) is 15.0. The van der Waals surface area contributed by atoms with Gasteiger partial charge in [0.25, 0.3) is 0 Å². The van der Waals surface area contributed by atoms with Gasteiger partial charge in [-0.15, -0.1) is 0 Å². The number of fused-ring (bicyclic) bond motifs is 1. The second-order valence-corrected chi connectivity index (χ2v) is 7.85. The number of aromatic nitrogens is 2. The molecule has 1 fully saturated rings. The van der Waals surface area contributed by atoms with Crippen LogP contribution in [-0.2, 0) is 13.6 Å². The highest BCUT2D eigenvalue weighted by Crippen LogP contribution is 2.36. The van der Waals surface area contributed by atoms with Gasteiger partial charge in [0.15, 0.2) is 0 Å². The Hall–Kier alpha value is -3.10. The molecule has 4 N–H and O–H groups in total. The quantitative estimate of drug-likeness (QED) is 0.692. The molecule has 0 saturated carbocycles. The van der Waals surface area contributed by atoms with Gasteiger partial charge in [0.05, 0.1) is 16.9 Å². The van der Waals surface area contributed by atoms with Crippen LogP contribution in [0.5, 0.6) is 0 Å². The molecule has 0 spiro atoms. The van der Waals surface area contributed by atoms with Crippen molar-refractivity contribution in [3.63, 3.8) is 0 Å². The number of urea groups is 1. The molecule has 1 aliphatic rings. The summed E-state index contributed by atoms with van der Waals surface area (Å²) in [5, 5.41) is 5.60. The fraction of sp³-hybridized carbons (Fsp3) is 0.364. The lowest BCUT2D eigenvalue weighted by Gasteiger charge is -2.36. The van der Waals surface area contributed by atoms with Crippen molar-refractivity contribution in [3.8, 4) is 0 Å². The lowest BCUT2D eigenvalue weighted by Crippen LogP contribution is -2.45. The Morgan fingerprint density at radius 3 is 2.53 bits per heavy atom. The molecule has 0 bridgehead atoms.